The van der Waals surface area contributed by atoms with Crippen LogP contribution < -0.4 is 10.1 Å². The van der Waals surface area contributed by atoms with Gasteiger partial charge in [0.05, 0.1) is 0 Å². The van der Waals surface area contributed by atoms with Crippen molar-refractivity contribution in [1.29, 1.82) is 0 Å². The molecule has 0 amide bonds. The summed E-state index contributed by atoms with van der Waals surface area (Å²) in [5.74, 6) is 2.42. The van der Waals surface area contributed by atoms with Crippen LogP contribution in [0, 0.1) is 0 Å². The van der Waals surface area contributed by atoms with Crippen LogP contribution in [0.4, 0.5) is 0 Å². The minimum absolute atomic E-state index is 0.330. The van der Waals surface area contributed by atoms with Crippen molar-refractivity contribution in [2.45, 2.75) is 37.0 Å². The van der Waals surface area contributed by atoms with Crippen LogP contribution in [0.15, 0.2) is 24.3 Å². The summed E-state index contributed by atoms with van der Waals surface area (Å²) in [7, 11) is 0. The lowest BCUT2D eigenvalue weighted by atomic mass is 10.1. The highest BCUT2D eigenvalue weighted by molar-refractivity contribution is 7.99. The molecule has 2 aliphatic heterocycles. The molecule has 3 heteroatoms. The number of fused-ring (bicyclic) bond motifs is 1. The Hall–Kier alpha value is -0.670. The molecule has 0 bridgehead atoms. The normalized spacial score (nSPS) is 26.7. The van der Waals surface area contributed by atoms with Crippen LogP contribution in [-0.2, 0) is 6.42 Å². The number of rotatable bonds is 4. The third-order valence-corrected chi connectivity index (χ3v) is 5.13. The second-order valence-corrected chi connectivity index (χ2v) is 6.61. The fraction of sp³-hybridized carbons (Fsp3) is 0.600. The van der Waals surface area contributed by atoms with Gasteiger partial charge in [0.15, 0.2) is 0 Å². The zero-order valence-corrected chi connectivity index (χ0v) is 11.5. The molecule has 2 atom stereocenters. The maximum Gasteiger partial charge on any atom is 0.123 e. The van der Waals surface area contributed by atoms with E-state index in [1.54, 1.807) is 0 Å². The van der Waals surface area contributed by atoms with Gasteiger partial charge in [-0.3, -0.25) is 0 Å². The average molecular weight is 263 g/mol. The number of nitrogens with one attached hydrogen (secondary N) is 1. The van der Waals surface area contributed by atoms with Gasteiger partial charge in [0.25, 0.3) is 0 Å². The molecule has 2 unspecified atom stereocenters. The number of ether oxygens (including phenoxy) is 1. The summed E-state index contributed by atoms with van der Waals surface area (Å²) >= 11 is 2.13. The number of para-hydroxylation sites is 1. The summed E-state index contributed by atoms with van der Waals surface area (Å²) in [6, 6.07) is 8.39. The first-order valence-corrected chi connectivity index (χ1v) is 8.03. The van der Waals surface area contributed by atoms with Crippen molar-refractivity contribution in [2.24, 2.45) is 0 Å². The van der Waals surface area contributed by atoms with Crippen LogP contribution >= 0.6 is 11.8 Å². The highest BCUT2D eigenvalue weighted by Gasteiger charge is 2.22. The fourth-order valence-corrected chi connectivity index (χ4v) is 4.01. The molecule has 1 N–H and O–H groups in total. The van der Waals surface area contributed by atoms with E-state index < -0.39 is 0 Å². The second kappa shape index (κ2) is 5.98. The minimum Gasteiger partial charge on any atom is -0.488 e. The van der Waals surface area contributed by atoms with Gasteiger partial charge in [-0.2, -0.15) is 11.8 Å². The van der Waals surface area contributed by atoms with E-state index in [2.05, 4.69) is 35.3 Å². The first-order valence-electron chi connectivity index (χ1n) is 6.99. The summed E-state index contributed by atoms with van der Waals surface area (Å²) in [4.78, 5) is 0. The van der Waals surface area contributed by atoms with Crippen molar-refractivity contribution in [3.05, 3.63) is 29.8 Å². The molecule has 98 valence electrons. The number of benzene rings is 1. The van der Waals surface area contributed by atoms with Gasteiger partial charge in [0, 0.05) is 24.8 Å². The van der Waals surface area contributed by atoms with Gasteiger partial charge in [0.2, 0.25) is 0 Å². The molecule has 1 aromatic carbocycles. The molecule has 0 saturated carbocycles. The molecule has 0 spiro atoms. The van der Waals surface area contributed by atoms with E-state index in [9.17, 15) is 0 Å². The molecular formula is C15H21NOS. The Morgan fingerprint density at radius 2 is 2.17 bits per heavy atom. The molecule has 1 saturated heterocycles. The predicted octanol–water partition coefficient (Wildman–Crippen LogP) is 2.87. The summed E-state index contributed by atoms with van der Waals surface area (Å²) in [5, 5.41) is 4.41. The van der Waals surface area contributed by atoms with E-state index in [4.69, 9.17) is 4.74 Å². The number of hydrogen-bond donors (Lipinski definition) is 1. The molecule has 18 heavy (non-hydrogen) atoms. The van der Waals surface area contributed by atoms with E-state index in [1.165, 1.54) is 30.6 Å². The largest absolute Gasteiger partial charge is 0.488 e. The van der Waals surface area contributed by atoms with Gasteiger partial charge in [-0.15, -0.1) is 0 Å². The van der Waals surface area contributed by atoms with Crippen molar-refractivity contribution in [3.8, 4) is 5.75 Å². The summed E-state index contributed by atoms with van der Waals surface area (Å²) in [5.41, 5.74) is 1.36. The molecule has 0 aromatic heterocycles. The van der Waals surface area contributed by atoms with Crippen molar-refractivity contribution < 1.29 is 4.74 Å². The Balaban J connectivity index is 1.40. The second-order valence-electron chi connectivity index (χ2n) is 5.20. The van der Waals surface area contributed by atoms with Crippen molar-refractivity contribution in [2.75, 3.05) is 18.8 Å². The molecule has 1 fully saturated rings. The van der Waals surface area contributed by atoms with Crippen LogP contribution in [0.5, 0.6) is 5.75 Å². The van der Waals surface area contributed by atoms with Gasteiger partial charge in [0.1, 0.15) is 11.9 Å². The Morgan fingerprint density at radius 3 is 3.00 bits per heavy atom. The van der Waals surface area contributed by atoms with Crippen molar-refractivity contribution in [1.82, 2.24) is 5.32 Å². The lowest BCUT2D eigenvalue weighted by Gasteiger charge is -2.22. The van der Waals surface area contributed by atoms with E-state index in [-0.39, 0.29) is 0 Å². The average Bonchev–Trinajstić information content (AvgIpc) is 2.82. The molecule has 1 aromatic rings. The van der Waals surface area contributed by atoms with E-state index in [0.717, 1.165) is 30.5 Å². The molecule has 3 rings (SSSR count). The SMILES string of the molecule is c1ccc2c(c1)CC(CNCC1CCCCS1)O2. The van der Waals surface area contributed by atoms with E-state index in [1.807, 2.05) is 6.07 Å². The molecule has 0 radical (unpaired) electrons. The third kappa shape index (κ3) is 3.01. The summed E-state index contributed by atoms with van der Waals surface area (Å²) in [6.07, 6.45) is 5.58. The quantitative estimate of drug-likeness (QED) is 0.902. The standard InChI is InChI=1S/C15H21NOS/c1-2-7-15-12(5-1)9-13(17-15)10-16-11-14-6-3-4-8-18-14/h1-2,5,7,13-14,16H,3-4,6,8-11H2. The molecule has 2 nitrogen and oxygen atoms in total. The van der Waals surface area contributed by atoms with Crippen LogP contribution in [0.3, 0.4) is 0 Å². The van der Waals surface area contributed by atoms with Crippen LogP contribution in [0.2, 0.25) is 0 Å². The lowest BCUT2D eigenvalue weighted by Crippen LogP contribution is -2.35. The van der Waals surface area contributed by atoms with Gasteiger partial charge in [-0.1, -0.05) is 24.6 Å². The van der Waals surface area contributed by atoms with Gasteiger partial charge >= 0.3 is 0 Å². The Morgan fingerprint density at radius 1 is 1.22 bits per heavy atom. The van der Waals surface area contributed by atoms with E-state index in [0.29, 0.717) is 6.10 Å². The lowest BCUT2D eigenvalue weighted by molar-refractivity contribution is 0.228. The highest BCUT2D eigenvalue weighted by atomic mass is 32.2. The monoisotopic (exact) mass is 263 g/mol. The van der Waals surface area contributed by atoms with Crippen LogP contribution in [0.1, 0.15) is 24.8 Å². The molecule has 0 aliphatic carbocycles. The Bertz CT molecular complexity index is 365. The Kier molecular flexibility index (Phi) is 4.11. The number of thioether (sulfide) groups is 1. The van der Waals surface area contributed by atoms with Crippen molar-refractivity contribution >= 4 is 11.8 Å². The van der Waals surface area contributed by atoms with E-state index >= 15 is 0 Å². The zero-order valence-electron chi connectivity index (χ0n) is 10.7. The molecular weight excluding hydrogens is 242 g/mol. The fourth-order valence-electron chi connectivity index (χ4n) is 2.74. The number of hydrogen-bond acceptors (Lipinski definition) is 3. The smallest absolute Gasteiger partial charge is 0.123 e. The molecule has 2 aliphatic rings. The minimum atomic E-state index is 0.330. The first kappa shape index (κ1) is 12.4. The van der Waals surface area contributed by atoms with Crippen molar-refractivity contribution in [3.63, 3.8) is 0 Å². The Labute approximate surface area is 113 Å². The van der Waals surface area contributed by atoms with Gasteiger partial charge in [-0.05, 0) is 30.2 Å². The first-order chi connectivity index (χ1) is 8.92. The summed E-state index contributed by atoms with van der Waals surface area (Å²) < 4.78 is 5.93. The predicted molar refractivity (Wildman–Crippen MR) is 77.5 cm³/mol. The van der Waals surface area contributed by atoms with Gasteiger partial charge in [-0.25, -0.2) is 0 Å². The van der Waals surface area contributed by atoms with Crippen LogP contribution in [-0.4, -0.2) is 30.2 Å². The maximum absolute atomic E-state index is 5.93. The maximum atomic E-state index is 5.93. The summed E-state index contributed by atoms with van der Waals surface area (Å²) in [6.45, 7) is 2.12. The highest BCUT2D eigenvalue weighted by Crippen LogP contribution is 2.28. The van der Waals surface area contributed by atoms with Gasteiger partial charge < -0.3 is 10.1 Å². The zero-order chi connectivity index (χ0) is 12.2. The van der Waals surface area contributed by atoms with Crippen LogP contribution in [0.25, 0.3) is 0 Å². The third-order valence-electron chi connectivity index (χ3n) is 3.73. The molecule has 2 heterocycles. The topological polar surface area (TPSA) is 21.3 Å².